The van der Waals surface area contributed by atoms with Crippen LogP contribution in [0.25, 0.3) is 11.0 Å². The number of hydrogen-bond acceptors (Lipinski definition) is 3. The van der Waals surface area contributed by atoms with E-state index < -0.39 is 0 Å². The Hall–Kier alpha value is -1.18. The van der Waals surface area contributed by atoms with Crippen LogP contribution in [0.5, 0.6) is 0 Å². The molecule has 2 atom stereocenters. The number of nitrogens with zero attached hydrogens (tertiary/aromatic N) is 3. The standard InChI is InChI=1S/C16H18ClN3S/c1-2-21-14-8-4-6-12(14)20-13-7-3-5-11(10-18)16(13)19-15(20)9-17/h3,5,7,12,14H,2,4,6,8-9H2,1H3. The lowest BCUT2D eigenvalue weighted by Gasteiger charge is -2.22. The maximum Gasteiger partial charge on any atom is 0.125 e. The van der Waals surface area contributed by atoms with Gasteiger partial charge in [0, 0.05) is 11.3 Å². The van der Waals surface area contributed by atoms with Gasteiger partial charge in [0.05, 0.1) is 17.0 Å². The van der Waals surface area contributed by atoms with Crippen LogP contribution in [0.4, 0.5) is 0 Å². The lowest BCUT2D eigenvalue weighted by atomic mass is 10.2. The van der Waals surface area contributed by atoms with Crippen molar-refractivity contribution in [2.24, 2.45) is 0 Å². The van der Waals surface area contributed by atoms with Crippen molar-refractivity contribution in [1.29, 1.82) is 5.26 Å². The number of alkyl halides is 1. The highest BCUT2D eigenvalue weighted by molar-refractivity contribution is 7.99. The van der Waals surface area contributed by atoms with Gasteiger partial charge < -0.3 is 4.57 Å². The molecule has 0 radical (unpaired) electrons. The summed E-state index contributed by atoms with van der Waals surface area (Å²) in [7, 11) is 0. The van der Waals surface area contributed by atoms with Gasteiger partial charge in [0.1, 0.15) is 17.4 Å². The number of nitriles is 1. The molecule has 0 spiro atoms. The first kappa shape index (κ1) is 14.7. The third-order valence-corrected chi connectivity index (χ3v) is 5.71. The number of aromatic nitrogens is 2. The van der Waals surface area contributed by atoms with Crippen molar-refractivity contribution in [3.8, 4) is 6.07 Å². The Balaban J connectivity index is 2.15. The minimum atomic E-state index is 0.388. The largest absolute Gasteiger partial charge is 0.323 e. The molecule has 1 fully saturated rings. The molecule has 1 heterocycles. The number of fused-ring (bicyclic) bond motifs is 1. The first-order chi connectivity index (χ1) is 10.3. The third kappa shape index (κ3) is 2.54. The lowest BCUT2D eigenvalue weighted by Crippen LogP contribution is -2.18. The molecule has 1 aromatic carbocycles. The number of para-hydroxylation sites is 1. The van der Waals surface area contributed by atoms with Gasteiger partial charge in [0.15, 0.2) is 0 Å². The number of benzene rings is 1. The summed E-state index contributed by atoms with van der Waals surface area (Å²) >= 11 is 8.16. The van der Waals surface area contributed by atoms with E-state index in [1.54, 1.807) is 0 Å². The van der Waals surface area contributed by atoms with Gasteiger partial charge >= 0.3 is 0 Å². The summed E-state index contributed by atoms with van der Waals surface area (Å²) in [6.45, 7) is 2.21. The molecule has 2 aromatic rings. The molecule has 0 saturated heterocycles. The van der Waals surface area contributed by atoms with E-state index in [1.807, 2.05) is 23.9 Å². The van der Waals surface area contributed by atoms with Crippen molar-refractivity contribution < 1.29 is 0 Å². The second kappa shape index (κ2) is 6.29. The third-order valence-electron chi connectivity index (χ3n) is 4.16. The fraction of sp³-hybridized carbons (Fsp3) is 0.500. The summed E-state index contributed by atoms with van der Waals surface area (Å²) in [5.74, 6) is 2.41. The Bertz CT molecular complexity index is 689. The smallest absolute Gasteiger partial charge is 0.125 e. The van der Waals surface area contributed by atoms with Crippen LogP contribution in [0.15, 0.2) is 18.2 Å². The van der Waals surface area contributed by atoms with E-state index in [-0.39, 0.29) is 0 Å². The van der Waals surface area contributed by atoms with E-state index in [0.717, 1.165) is 22.6 Å². The van der Waals surface area contributed by atoms with Gasteiger partial charge in [0.2, 0.25) is 0 Å². The Morgan fingerprint density at radius 1 is 1.48 bits per heavy atom. The lowest BCUT2D eigenvalue weighted by molar-refractivity contribution is 0.527. The molecule has 3 nitrogen and oxygen atoms in total. The highest BCUT2D eigenvalue weighted by Gasteiger charge is 2.31. The van der Waals surface area contributed by atoms with E-state index in [9.17, 15) is 5.26 Å². The van der Waals surface area contributed by atoms with Gasteiger partial charge in [-0.1, -0.05) is 19.4 Å². The molecule has 0 amide bonds. The maximum atomic E-state index is 9.27. The van der Waals surface area contributed by atoms with Crippen LogP contribution in [0.3, 0.4) is 0 Å². The quantitative estimate of drug-likeness (QED) is 0.779. The molecule has 2 unspecified atom stereocenters. The minimum Gasteiger partial charge on any atom is -0.323 e. The molecule has 3 rings (SSSR count). The van der Waals surface area contributed by atoms with Crippen LogP contribution in [0.1, 0.15) is 43.6 Å². The van der Waals surface area contributed by atoms with Crippen molar-refractivity contribution >= 4 is 34.4 Å². The van der Waals surface area contributed by atoms with Gasteiger partial charge in [0.25, 0.3) is 0 Å². The normalized spacial score (nSPS) is 21.8. The maximum absolute atomic E-state index is 9.27. The van der Waals surface area contributed by atoms with Crippen molar-refractivity contribution in [1.82, 2.24) is 9.55 Å². The van der Waals surface area contributed by atoms with Crippen LogP contribution >= 0.6 is 23.4 Å². The number of thioether (sulfide) groups is 1. The molecule has 5 heteroatoms. The highest BCUT2D eigenvalue weighted by atomic mass is 35.5. The fourth-order valence-electron chi connectivity index (χ4n) is 3.33. The summed E-state index contributed by atoms with van der Waals surface area (Å²) in [6.07, 6.45) is 3.67. The monoisotopic (exact) mass is 319 g/mol. The molecule has 1 aromatic heterocycles. The van der Waals surface area contributed by atoms with Crippen molar-refractivity contribution in [2.45, 2.75) is 43.4 Å². The van der Waals surface area contributed by atoms with Crippen LogP contribution in [0.2, 0.25) is 0 Å². The average Bonchev–Trinajstić information content (AvgIpc) is 3.10. The molecule has 1 saturated carbocycles. The molecule has 21 heavy (non-hydrogen) atoms. The molecule has 0 N–H and O–H groups in total. The topological polar surface area (TPSA) is 41.6 Å². The molecule has 1 aliphatic rings. The second-order valence-electron chi connectivity index (χ2n) is 5.31. The van der Waals surface area contributed by atoms with E-state index in [0.29, 0.717) is 22.7 Å². The minimum absolute atomic E-state index is 0.388. The Morgan fingerprint density at radius 3 is 3.05 bits per heavy atom. The summed E-state index contributed by atoms with van der Waals surface area (Å²) in [5, 5.41) is 9.90. The van der Waals surface area contributed by atoms with Crippen molar-refractivity contribution in [2.75, 3.05) is 5.75 Å². The zero-order chi connectivity index (χ0) is 14.8. The van der Waals surface area contributed by atoms with Crippen LogP contribution in [0, 0.1) is 11.3 Å². The zero-order valence-corrected chi connectivity index (χ0v) is 13.6. The Morgan fingerprint density at radius 2 is 2.33 bits per heavy atom. The Labute approximate surface area is 134 Å². The molecular formula is C16H18ClN3S. The van der Waals surface area contributed by atoms with Gasteiger partial charge in [-0.2, -0.15) is 17.0 Å². The molecular weight excluding hydrogens is 302 g/mol. The number of hydrogen-bond donors (Lipinski definition) is 0. The molecule has 0 aliphatic heterocycles. The second-order valence-corrected chi connectivity index (χ2v) is 7.09. The summed E-state index contributed by atoms with van der Waals surface area (Å²) < 4.78 is 2.30. The van der Waals surface area contributed by atoms with Gasteiger partial charge in [-0.3, -0.25) is 0 Å². The van der Waals surface area contributed by atoms with Crippen molar-refractivity contribution in [3.63, 3.8) is 0 Å². The summed E-state index contributed by atoms with van der Waals surface area (Å²) in [5.41, 5.74) is 2.48. The number of halogens is 1. The van der Waals surface area contributed by atoms with E-state index in [4.69, 9.17) is 11.6 Å². The predicted molar refractivity (Wildman–Crippen MR) is 88.8 cm³/mol. The summed E-state index contributed by atoms with van der Waals surface area (Å²) in [6, 6.07) is 8.51. The van der Waals surface area contributed by atoms with E-state index >= 15 is 0 Å². The van der Waals surface area contributed by atoms with Gasteiger partial charge in [-0.15, -0.1) is 11.6 Å². The molecule has 0 bridgehead atoms. The zero-order valence-electron chi connectivity index (χ0n) is 12.1. The first-order valence-corrected chi connectivity index (χ1v) is 8.96. The van der Waals surface area contributed by atoms with E-state index in [1.165, 1.54) is 19.3 Å². The van der Waals surface area contributed by atoms with E-state index in [2.05, 4.69) is 28.6 Å². The first-order valence-electron chi connectivity index (χ1n) is 7.37. The highest BCUT2D eigenvalue weighted by Crippen LogP contribution is 2.41. The van der Waals surface area contributed by atoms with Crippen molar-refractivity contribution in [3.05, 3.63) is 29.6 Å². The van der Waals surface area contributed by atoms with Crippen LogP contribution in [-0.2, 0) is 5.88 Å². The van der Waals surface area contributed by atoms with Gasteiger partial charge in [-0.05, 0) is 30.7 Å². The molecule has 110 valence electrons. The van der Waals surface area contributed by atoms with Crippen LogP contribution < -0.4 is 0 Å². The number of rotatable bonds is 4. The predicted octanol–water partition coefficient (Wildman–Crippen LogP) is 4.49. The summed E-state index contributed by atoms with van der Waals surface area (Å²) in [4.78, 5) is 4.64. The average molecular weight is 320 g/mol. The fourth-order valence-corrected chi connectivity index (χ4v) is 4.76. The van der Waals surface area contributed by atoms with Crippen LogP contribution in [-0.4, -0.2) is 20.6 Å². The molecule has 1 aliphatic carbocycles. The SMILES string of the molecule is CCSC1CCCC1n1c(CCl)nc2c(C#N)cccc21. The number of imidazole rings is 1. The van der Waals surface area contributed by atoms with Gasteiger partial charge in [-0.25, -0.2) is 4.98 Å². The Kier molecular flexibility index (Phi) is 4.42.